The van der Waals surface area contributed by atoms with E-state index in [9.17, 15) is 9.59 Å². The maximum atomic E-state index is 11.9. The Hall–Kier alpha value is -2.56. The maximum absolute atomic E-state index is 11.9. The first-order chi connectivity index (χ1) is 10.2. The lowest BCUT2D eigenvalue weighted by Crippen LogP contribution is -2.11. The van der Waals surface area contributed by atoms with Gasteiger partial charge in [-0.25, -0.2) is 9.59 Å². The van der Waals surface area contributed by atoms with Gasteiger partial charge in [-0.05, 0) is 12.0 Å². The molecule has 0 aliphatic carbocycles. The van der Waals surface area contributed by atoms with Crippen LogP contribution in [0.15, 0.2) is 41.0 Å². The minimum absolute atomic E-state index is 0.0902. The first-order valence-corrected chi connectivity index (χ1v) is 6.48. The van der Waals surface area contributed by atoms with Crippen molar-refractivity contribution in [2.45, 2.75) is 12.8 Å². The second-order valence-corrected chi connectivity index (χ2v) is 4.42. The van der Waals surface area contributed by atoms with Gasteiger partial charge in [0.25, 0.3) is 0 Å². The van der Waals surface area contributed by atoms with E-state index in [1.807, 2.05) is 30.3 Å². The predicted octanol–water partition coefficient (Wildman–Crippen LogP) is 2.64. The van der Waals surface area contributed by atoms with E-state index in [4.69, 9.17) is 9.15 Å². The summed E-state index contributed by atoms with van der Waals surface area (Å²) in [7, 11) is 2.51. The number of aryl methyl sites for hydroxylation is 2. The van der Waals surface area contributed by atoms with Crippen LogP contribution in [0.25, 0.3) is 0 Å². The summed E-state index contributed by atoms with van der Waals surface area (Å²) in [6.45, 7) is 0. The summed E-state index contributed by atoms with van der Waals surface area (Å²) < 4.78 is 14.7. The molecule has 5 nitrogen and oxygen atoms in total. The van der Waals surface area contributed by atoms with E-state index in [2.05, 4.69) is 4.74 Å². The molecule has 0 amide bonds. The molecule has 0 radical (unpaired) electrons. The quantitative estimate of drug-likeness (QED) is 0.791. The van der Waals surface area contributed by atoms with Gasteiger partial charge < -0.3 is 13.9 Å². The van der Waals surface area contributed by atoms with Crippen molar-refractivity contribution in [2.24, 2.45) is 0 Å². The molecule has 0 aliphatic rings. The van der Waals surface area contributed by atoms with Crippen molar-refractivity contribution in [3.8, 4) is 0 Å². The maximum Gasteiger partial charge on any atom is 0.342 e. The summed E-state index contributed by atoms with van der Waals surface area (Å²) in [5.41, 5.74) is 1.34. The number of carbonyl (C=O) groups excluding carboxylic acids is 2. The average Bonchev–Trinajstić information content (AvgIpc) is 2.96. The smallest absolute Gasteiger partial charge is 0.342 e. The molecule has 21 heavy (non-hydrogen) atoms. The van der Waals surface area contributed by atoms with Gasteiger partial charge in [0.05, 0.1) is 14.2 Å². The third kappa shape index (κ3) is 3.31. The number of esters is 2. The first kappa shape index (κ1) is 14.8. The number of benzene rings is 1. The Morgan fingerprint density at radius 1 is 1.00 bits per heavy atom. The molecule has 0 fully saturated rings. The summed E-state index contributed by atoms with van der Waals surface area (Å²) in [6, 6.07) is 9.80. The van der Waals surface area contributed by atoms with E-state index in [0.29, 0.717) is 18.6 Å². The van der Waals surface area contributed by atoms with Crippen molar-refractivity contribution in [2.75, 3.05) is 14.2 Å². The highest BCUT2D eigenvalue weighted by molar-refractivity contribution is 6.03. The molecule has 2 rings (SSSR count). The van der Waals surface area contributed by atoms with E-state index < -0.39 is 11.9 Å². The van der Waals surface area contributed by atoms with Crippen molar-refractivity contribution in [3.05, 3.63) is 59.0 Å². The lowest BCUT2D eigenvalue weighted by Gasteiger charge is -2.03. The Morgan fingerprint density at radius 2 is 1.67 bits per heavy atom. The van der Waals surface area contributed by atoms with Gasteiger partial charge in [-0.1, -0.05) is 30.3 Å². The Bertz CT molecular complexity index is 627. The molecule has 1 aromatic carbocycles. The molecular weight excluding hydrogens is 272 g/mol. The Balaban J connectivity index is 2.25. The minimum atomic E-state index is -0.620. The molecule has 5 heteroatoms. The summed E-state index contributed by atoms with van der Waals surface area (Å²) in [5, 5.41) is 0. The van der Waals surface area contributed by atoms with Crippen LogP contribution in [0.5, 0.6) is 0 Å². The molecular formula is C16H16O5. The number of furan rings is 1. The van der Waals surface area contributed by atoms with Gasteiger partial charge in [0.2, 0.25) is 0 Å². The number of methoxy groups -OCH3 is 2. The fraction of sp³-hybridized carbons (Fsp3) is 0.250. The van der Waals surface area contributed by atoms with Crippen molar-refractivity contribution >= 4 is 11.9 Å². The van der Waals surface area contributed by atoms with Crippen molar-refractivity contribution in [1.82, 2.24) is 0 Å². The standard InChI is InChI=1S/C16H16O5/c1-19-15(17)12-10-21-13(14(12)16(18)20-2)9-8-11-6-4-3-5-7-11/h3-7,10H,8-9H2,1-2H3. The van der Waals surface area contributed by atoms with Gasteiger partial charge in [-0.15, -0.1) is 0 Å². The highest BCUT2D eigenvalue weighted by Gasteiger charge is 2.26. The van der Waals surface area contributed by atoms with Gasteiger partial charge in [-0.3, -0.25) is 0 Å². The third-order valence-electron chi connectivity index (χ3n) is 3.15. The summed E-state index contributed by atoms with van der Waals surface area (Å²) in [5.74, 6) is -0.802. The van der Waals surface area contributed by atoms with E-state index in [1.165, 1.54) is 20.5 Å². The lowest BCUT2D eigenvalue weighted by atomic mass is 10.0. The number of carbonyl (C=O) groups is 2. The van der Waals surface area contributed by atoms with Crippen LogP contribution in [0.1, 0.15) is 32.0 Å². The molecule has 0 unspecified atom stereocenters. The zero-order valence-corrected chi connectivity index (χ0v) is 11.9. The monoisotopic (exact) mass is 288 g/mol. The number of hydrogen-bond donors (Lipinski definition) is 0. The van der Waals surface area contributed by atoms with Gasteiger partial charge in [0.1, 0.15) is 23.2 Å². The fourth-order valence-electron chi connectivity index (χ4n) is 2.07. The minimum Gasteiger partial charge on any atom is -0.467 e. The molecule has 0 aliphatic heterocycles. The molecule has 0 atom stereocenters. The average molecular weight is 288 g/mol. The topological polar surface area (TPSA) is 65.7 Å². The molecule has 2 aromatic rings. The molecule has 0 bridgehead atoms. The largest absolute Gasteiger partial charge is 0.467 e. The molecule has 110 valence electrons. The molecule has 1 aromatic heterocycles. The lowest BCUT2D eigenvalue weighted by molar-refractivity contribution is 0.0555. The second-order valence-electron chi connectivity index (χ2n) is 4.42. The van der Waals surface area contributed by atoms with Crippen LogP contribution in [0.2, 0.25) is 0 Å². The van der Waals surface area contributed by atoms with Crippen LogP contribution in [-0.4, -0.2) is 26.2 Å². The SMILES string of the molecule is COC(=O)c1coc(CCc2ccccc2)c1C(=O)OC. The zero-order chi connectivity index (χ0) is 15.2. The summed E-state index contributed by atoms with van der Waals surface area (Å²) in [6.07, 6.45) is 2.42. The molecule has 0 N–H and O–H groups in total. The fourth-order valence-corrected chi connectivity index (χ4v) is 2.07. The van der Waals surface area contributed by atoms with Crippen LogP contribution < -0.4 is 0 Å². The zero-order valence-electron chi connectivity index (χ0n) is 11.9. The van der Waals surface area contributed by atoms with E-state index >= 15 is 0 Å². The highest BCUT2D eigenvalue weighted by atomic mass is 16.5. The molecule has 0 saturated carbocycles. The van der Waals surface area contributed by atoms with Gasteiger partial charge >= 0.3 is 11.9 Å². The number of hydrogen-bond acceptors (Lipinski definition) is 5. The third-order valence-corrected chi connectivity index (χ3v) is 3.15. The van der Waals surface area contributed by atoms with E-state index in [0.717, 1.165) is 5.56 Å². The highest BCUT2D eigenvalue weighted by Crippen LogP contribution is 2.21. The molecule has 1 heterocycles. The summed E-state index contributed by atoms with van der Waals surface area (Å²) >= 11 is 0. The van der Waals surface area contributed by atoms with Gasteiger partial charge in [-0.2, -0.15) is 0 Å². The number of ether oxygens (including phenoxy) is 2. The predicted molar refractivity (Wildman–Crippen MR) is 75.2 cm³/mol. The molecule has 0 spiro atoms. The van der Waals surface area contributed by atoms with Crippen LogP contribution in [0, 0.1) is 0 Å². The summed E-state index contributed by atoms with van der Waals surface area (Å²) in [4.78, 5) is 23.5. The Labute approximate surface area is 122 Å². The van der Waals surface area contributed by atoms with E-state index in [1.54, 1.807) is 0 Å². The van der Waals surface area contributed by atoms with Crippen molar-refractivity contribution in [3.63, 3.8) is 0 Å². The van der Waals surface area contributed by atoms with Gasteiger partial charge in [0, 0.05) is 6.42 Å². The normalized spacial score (nSPS) is 10.2. The van der Waals surface area contributed by atoms with Crippen LogP contribution in [0.4, 0.5) is 0 Å². The van der Waals surface area contributed by atoms with Crippen LogP contribution in [-0.2, 0) is 22.3 Å². The second kappa shape index (κ2) is 6.74. The van der Waals surface area contributed by atoms with Gasteiger partial charge in [0.15, 0.2) is 0 Å². The Kier molecular flexibility index (Phi) is 4.77. The van der Waals surface area contributed by atoms with Crippen LogP contribution >= 0.6 is 0 Å². The first-order valence-electron chi connectivity index (χ1n) is 6.48. The van der Waals surface area contributed by atoms with Crippen molar-refractivity contribution < 1.29 is 23.5 Å². The van der Waals surface area contributed by atoms with Crippen LogP contribution in [0.3, 0.4) is 0 Å². The van der Waals surface area contributed by atoms with E-state index in [-0.39, 0.29) is 11.1 Å². The van der Waals surface area contributed by atoms with Crippen molar-refractivity contribution in [1.29, 1.82) is 0 Å². The Morgan fingerprint density at radius 3 is 2.29 bits per heavy atom. The number of rotatable bonds is 5. The molecule has 0 saturated heterocycles.